The Balaban J connectivity index is 2.05. The maximum Gasteiger partial charge on any atom is 0.283 e. The maximum atomic E-state index is 9.80. The van der Waals surface area contributed by atoms with Gasteiger partial charge in [0.25, 0.3) is 6.02 Å². The van der Waals surface area contributed by atoms with Crippen molar-refractivity contribution in [2.75, 3.05) is 6.61 Å². The lowest BCUT2D eigenvalue weighted by Crippen LogP contribution is -2.31. The summed E-state index contributed by atoms with van der Waals surface area (Å²) in [6, 6.07) is 6.84. The third-order valence-corrected chi connectivity index (χ3v) is 4.04. The van der Waals surface area contributed by atoms with Crippen LogP contribution in [0.2, 0.25) is 0 Å². The zero-order valence-corrected chi connectivity index (χ0v) is 12.3. The predicted octanol–water partition coefficient (Wildman–Crippen LogP) is 2.24. The zero-order chi connectivity index (χ0) is 14.6. The minimum atomic E-state index is -0.845. The molecule has 3 N–H and O–H groups in total. The van der Waals surface area contributed by atoms with Crippen LogP contribution in [0.25, 0.3) is 0 Å². The number of pyridine rings is 1. The summed E-state index contributed by atoms with van der Waals surface area (Å²) in [5.74, 6) is 1.17. The number of amidine groups is 1. The summed E-state index contributed by atoms with van der Waals surface area (Å²) in [7, 11) is 0. The molecule has 0 saturated carbocycles. The third-order valence-electron chi connectivity index (χ3n) is 3.61. The molecule has 0 bridgehead atoms. The van der Waals surface area contributed by atoms with Gasteiger partial charge in [0.05, 0.1) is 5.56 Å². The van der Waals surface area contributed by atoms with Crippen LogP contribution >= 0.6 is 15.9 Å². The van der Waals surface area contributed by atoms with Crippen LogP contribution in [-0.2, 0) is 10.3 Å². The molecule has 4 rings (SSSR count). The van der Waals surface area contributed by atoms with Crippen LogP contribution in [0.3, 0.4) is 0 Å². The number of phenols is 1. The van der Waals surface area contributed by atoms with Crippen LogP contribution < -0.4 is 10.5 Å². The summed E-state index contributed by atoms with van der Waals surface area (Å²) >= 11 is 3.40. The number of nitrogens with two attached hydrogens (primary N) is 1. The molecule has 0 radical (unpaired) electrons. The van der Waals surface area contributed by atoms with Gasteiger partial charge >= 0.3 is 0 Å². The van der Waals surface area contributed by atoms with E-state index in [9.17, 15) is 5.11 Å². The minimum Gasteiger partial charge on any atom is -0.508 e. The highest BCUT2D eigenvalue weighted by Gasteiger charge is 2.47. The third kappa shape index (κ3) is 1.70. The first-order chi connectivity index (χ1) is 10.1. The van der Waals surface area contributed by atoms with Crippen molar-refractivity contribution >= 4 is 22.0 Å². The van der Waals surface area contributed by atoms with Gasteiger partial charge in [-0.15, -0.1) is 0 Å². The monoisotopic (exact) mass is 347 g/mol. The van der Waals surface area contributed by atoms with E-state index < -0.39 is 5.54 Å². The molecule has 3 heterocycles. The molecule has 0 amide bonds. The normalized spacial score (nSPS) is 22.0. The topological polar surface area (TPSA) is 90.0 Å². The number of hydrogen-bond acceptors (Lipinski definition) is 6. The summed E-state index contributed by atoms with van der Waals surface area (Å²) in [6.45, 7) is 0.240. The van der Waals surface area contributed by atoms with E-state index in [-0.39, 0.29) is 18.4 Å². The van der Waals surface area contributed by atoms with E-state index in [0.717, 1.165) is 10.0 Å². The van der Waals surface area contributed by atoms with Crippen LogP contribution in [-0.4, -0.2) is 22.7 Å². The van der Waals surface area contributed by atoms with Crippen LogP contribution in [0.1, 0.15) is 11.1 Å². The Labute approximate surface area is 128 Å². The quantitative estimate of drug-likeness (QED) is 0.762. The largest absolute Gasteiger partial charge is 0.508 e. The number of ether oxygens (including phenoxy) is 2. The number of aliphatic imine (C=N–C) groups is 1. The lowest BCUT2D eigenvalue weighted by Gasteiger charge is -2.32. The summed E-state index contributed by atoms with van der Waals surface area (Å²) in [4.78, 5) is 8.75. The van der Waals surface area contributed by atoms with E-state index in [1.165, 1.54) is 0 Å². The van der Waals surface area contributed by atoms with Crippen molar-refractivity contribution in [3.05, 3.63) is 46.1 Å². The Morgan fingerprint density at radius 1 is 1.29 bits per heavy atom. The Kier molecular flexibility index (Phi) is 2.44. The van der Waals surface area contributed by atoms with Gasteiger partial charge in [0.15, 0.2) is 5.54 Å². The minimum absolute atomic E-state index is 0.108. The summed E-state index contributed by atoms with van der Waals surface area (Å²) in [5, 5.41) is 9.80. The van der Waals surface area contributed by atoms with Crippen molar-refractivity contribution in [2.45, 2.75) is 5.54 Å². The molecule has 21 heavy (non-hydrogen) atoms. The Hall–Kier alpha value is -2.28. The first kappa shape index (κ1) is 12.5. The average Bonchev–Trinajstić information content (AvgIpc) is 2.84. The highest BCUT2D eigenvalue weighted by atomic mass is 79.9. The molecule has 1 spiro atoms. The molecule has 2 aliphatic rings. The van der Waals surface area contributed by atoms with Gasteiger partial charge in [-0.2, -0.15) is 0 Å². The highest BCUT2D eigenvalue weighted by molar-refractivity contribution is 9.10. The van der Waals surface area contributed by atoms with Gasteiger partial charge in [0.2, 0.25) is 5.88 Å². The van der Waals surface area contributed by atoms with Crippen LogP contribution in [0.15, 0.2) is 39.9 Å². The second-order valence-electron chi connectivity index (χ2n) is 4.89. The number of rotatable bonds is 0. The number of halogens is 1. The average molecular weight is 348 g/mol. The number of nitrogens with zero attached hydrogens (tertiary/aromatic N) is 2. The molecular formula is C14H10BrN3O3. The van der Waals surface area contributed by atoms with Crippen molar-refractivity contribution in [2.24, 2.45) is 10.7 Å². The molecule has 1 atom stereocenters. The molecule has 0 aliphatic carbocycles. The second-order valence-corrected chi connectivity index (χ2v) is 5.80. The Morgan fingerprint density at radius 2 is 2.14 bits per heavy atom. The smallest absolute Gasteiger partial charge is 0.283 e. The second kappa shape index (κ2) is 4.11. The van der Waals surface area contributed by atoms with Crippen molar-refractivity contribution in [1.29, 1.82) is 0 Å². The lowest BCUT2D eigenvalue weighted by molar-refractivity contribution is 0.262. The van der Waals surface area contributed by atoms with Gasteiger partial charge in [-0.1, -0.05) is 0 Å². The zero-order valence-electron chi connectivity index (χ0n) is 10.7. The van der Waals surface area contributed by atoms with Gasteiger partial charge in [-0.25, -0.2) is 9.98 Å². The molecule has 0 unspecified atom stereocenters. The highest BCUT2D eigenvalue weighted by Crippen LogP contribution is 2.51. The summed E-state index contributed by atoms with van der Waals surface area (Å²) < 4.78 is 12.0. The summed E-state index contributed by atoms with van der Waals surface area (Å²) in [5.41, 5.74) is 6.33. The first-order valence-electron chi connectivity index (χ1n) is 6.24. The van der Waals surface area contributed by atoms with Crippen LogP contribution in [0.5, 0.6) is 17.4 Å². The van der Waals surface area contributed by atoms with Gasteiger partial charge in [0.1, 0.15) is 18.1 Å². The van der Waals surface area contributed by atoms with E-state index in [0.29, 0.717) is 17.2 Å². The van der Waals surface area contributed by atoms with Gasteiger partial charge < -0.3 is 20.3 Å². The van der Waals surface area contributed by atoms with Gasteiger partial charge in [-0.3, -0.25) is 0 Å². The van der Waals surface area contributed by atoms with Crippen molar-refractivity contribution in [3.63, 3.8) is 0 Å². The number of hydrogen-bond donors (Lipinski definition) is 2. The SMILES string of the molecule is NC1=N[C@@]2(CO1)c1cc(O)ccc1Oc1ncc(Br)cc12. The molecular weight excluding hydrogens is 338 g/mol. The van der Waals surface area contributed by atoms with Crippen molar-refractivity contribution < 1.29 is 14.6 Å². The molecule has 106 valence electrons. The predicted molar refractivity (Wildman–Crippen MR) is 78.5 cm³/mol. The standard InChI is InChI=1S/C14H10BrN3O3/c15-7-3-10-12(17-5-7)21-11-2-1-8(19)4-9(11)14(10)6-20-13(16)18-14/h1-5,19H,6H2,(H2,16,18)/t14-/m0/s1. The molecule has 0 saturated heterocycles. The van der Waals surface area contributed by atoms with E-state index in [1.54, 1.807) is 24.4 Å². The van der Waals surface area contributed by atoms with Gasteiger partial charge in [-0.05, 0) is 40.2 Å². The number of aromatic nitrogens is 1. The van der Waals surface area contributed by atoms with Crippen LogP contribution in [0, 0.1) is 0 Å². The fourth-order valence-corrected chi connectivity index (χ4v) is 3.02. The molecule has 2 aliphatic heterocycles. The Morgan fingerprint density at radius 3 is 2.90 bits per heavy atom. The van der Waals surface area contributed by atoms with E-state index in [2.05, 4.69) is 25.9 Å². The van der Waals surface area contributed by atoms with Gasteiger partial charge in [0, 0.05) is 16.2 Å². The van der Waals surface area contributed by atoms with Crippen molar-refractivity contribution in [1.82, 2.24) is 4.98 Å². The number of fused-ring (bicyclic) bond motifs is 4. The fourth-order valence-electron chi connectivity index (χ4n) is 2.69. The van der Waals surface area contributed by atoms with E-state index in [1.807, 2.05) is 6.07 Å². The number of aromatic hydroxyl groups is 1. The van der Waals surface area contributed by atoms with Crippen molar-refractivity contribution in [3.8, 4) is 17.4 Å². The van der Waals surface area contributed by atoms with E-state index in [4.69, 9.17) is 15.2 Å². The molecule has 1 aromatic heterocycles. The Bertz CT molecular complexity index is 740. The molecule has 6 nitrogen and oxygen atoms in total. The van der Waals surface area contributed by atoms with E-state index >= 15 is 0 Å². The summed E-state index contributed by atoms with van der Waals surface area (Å²) in [6.07, 6.45) is 1.65. The maximum absolute atomic E-state index is 9.80. The molecule has 1 aromatic carbocycles. The number of benzene rings is 1. The molecule has 2 aromatic rings. The fraction of sp³-hybridized carbons (Fsp3) is 0.143. The first-order valence-corrected chi connectivity index (χ1v) is 7.03. The molecule has 0 fully saturated rings. The van der Waals surface area contributed by atoms with Crippen LogP contribution in [0.4, 0.5) is 0 Å². The molecule has 7 heteroatoms. The number of phenolic OH excluding ortho intramolecular Hbond substituents is 1. The lowest BCUT2D eigenvalue weighted by atomic mass is 9.82.